The lowest BCUT2D eigenvalue weighted by atomic mass is 10.1. The number of hydrogen-bond donors (Lipinski definition) is 1. The van der Waals surface area contributed by atoms with Crippen molar-refractivity contribution >= 4 is 11.0 Å². The summed E-state index contributed by atoms with van der Waals surface area (Å²) < 4.78 is 18.7. The molecule has 2 rings (SSSR count). The third kappa shape index (κ3) is 1.95. The summed E-state index contributed by atoms with van der Waals surface area (Å²) >= 11 is 0. The Balaban J connectivity index is 2.36. The topological polar surface area (TPSA) is 25.2 Å². The molecule has 0 unspecified atom stereocenters. The van der Waals surface area contributed by atoms with Crippen molar-refractivity contribution in [2.75, 3.05) is 6.54 Å². The minimum atomic E-state index is -0.289. The first-order valence-electron chi connectivity index (χ1n) is 5.60. The lowest BCUT2D eigenvalue weighted by Crippen LogP contribution is -2.13. The summed E-state index contributed by atoms with van der Waals surface area (Å²) in [4.78, 5) is 0. The number of rotatable bonds is 4. The van der Waals surface area contributed by atoms with Crippen LogP contribution in [0.2, 0.25) is 0 Å². The third-order valence-corrected chi connectivity index (χ3v) is 2.70. The Bertz CT molecular complexity index is 490. The third-order valence-electron chi connectivity index (χ3n) is 2.70. The molecule has 0 atom stereocenters. The van der Waals surface area contributed by atoms with Crippen LogP contribution in [-0.4, -0.2) is 6.54 Å². The van der Waals surface area contributed by atoms with Crippen LogP contribution in [0.3, 0.4) is 0 Å². The van der Waals surface area contributed by atoms with Gasteiger partial charge in [0, 0.05) is 17.5 Å². The largest absolute Gasteiger partial charge is 0.461 e. The molecule has 0 radical (unpaired) electrons. The van der Waals surface area contributed by atoms with Crippen molar-refractivity contribution in [2.45, 2.75) is 26.8 Å². The van der Waals surface area contributed by atoms with Gasteiger partial charge in [0.2, 0.25) is 0 Å². The molecule has 2 nitrogen and oxygen atoms in total. The Hall–Kier alpha value is -1.35. The van der Waals surface area contributed by atoms with Crippen LogP contribution in [0, 0.1) is 12.7 Å². The van der Waals surface area contributed by atoms with Gasteiger partial charge in [0.1, 0.15) is 0 Å². The van der Waals surface area contributed by atoms with E-state index in [1.54, 1.807) is 12.3 Å². The van der Waals surface area contributed by atoms with E-state index in [4.69, 9.17) is 4.42 Å². The standard InChI is InChI=1S/C13H16FNO/c1-3-6-15-7-10-8-16-13-11(14)5-4-9(2)12(10)13/h4-5,8,15H,3,6-7H2,1-2H3. The quantitative estimate of drug-likeness (QED) is 0.801. The second kappa shape index (κ2) is 4.66. The number of furan rings is 1. The molecule has 1 aromatic heterocycles. The first-order valence-corrected chi connectivity index (χ1v) is 5.60. The van der Waals surface area contributed by atoms with Crippen LogP contribution in [0.15, 0.2) is 22.8 Å². The van der Waals surface area contributed by atoms with E-state index >= 15 is 0 Å². The number of benzene rings is 1. The Kier molecular flexibility index (Phi) is 3.25. The fourth-order valence-electron chi connectivity index (χ4n) is 1.89. The van der Waals surface area contributed by atoms with Gasteiger partial charge in [-0.05, 0) is 31.5 Å². The lowest BCUT2D eigenvalue weighted by Gasteiger charge is -2.02. The minimum absolute atomic E-state index is 0.289. The normalized spacial score (nSPS) is 11.2. The smallest absolute Gasteiger partial charge is 0.170 e. The average Bonchev–Trinajstić information content (AvgIpc) is 2.69. The Labute approximate surface area is 94.4 Å². The lowest BCUT2D eigenvalue weighted by molar-refractivity contribution is 0.555. The van der Waals surface area contributed by atoms with Crippen molar-refractivity contribution in [3.8, 4) is 0 Å². The van der Waals surface area contributed by atoms with Gasteiger partial charge in [0.15, 0.2) is 11.4 Å². The first kappa shape index (κ1) is 11.1. The summed E-state index contributed by atoms with van der Waals surface area (Å²) in [6, 6.07) is 3.24. The first-order chi connectivity index (χ1) is 7.74. The van der Waals surface area contributed by atoms with Gasteiger partial charge < -0.3 is 9.73 Å². The van der Waals surface area contributed by atoms with Crippen LogP contribution in [0.4, 0.5) is 4.39 Å². The number of nitrogens with one attached hydrogen (secondary N) is 1. The van der Waals surface area contributed by atoms with Gasteiger partial charge in [-0.15, -0.1) is 0 Å². The highest BCUT2D eigenvalue weighted by Gasteiger charge is 2.11. The highest BCUT2D eigenvalue weighted by molar-refractivity contribution is 5.84. The molecule has 0 aliphatic rings. The molecule has 3 heteroatoms. The summed E-state index contributed by atoms with van der Waals surface area (Å²) in [5.74, 6) is -0.289. The van der Waals surface area contributed by atoms with E-state index in [0.717, 1.165) is 36.0 Å². The molecular formula is C13H16FNO. The molecule has 1 aromatic carbocycles. The molecule has 0 amide bonds. The number of aryl methyl sites for hydroxylation is 1. The molecule has 16 heavy (non-hydrogen) atoms. The Morgan fingerprint density at radius 3 is 2.94 bits per heavy atom. The van der Waals surface area contributed by atoms with Crippen molar-refractivity contribution in [3.05, 3.63) is 35.3 Å². The van der Waals surface area contributed by atoms with E-state index in [0.29, 0.717) is 5.58 Å². The fourth-order valence-corrected chi connectivity index (χ4v) is 1.89. The number of fused-ring (bicyclic) bond motifs is 1. The molecular weight excluding hydrogens is 205 g/mol. The van der Waals surface area contributed by atoms with Gasteiger partial charge in [0.25, 0.3) is 0 Å². The Morgan fingerprint density at radius 1 is 1.38 bits per heavy atom. The molecule has 0 fully saturated rings. The Morgan fingerprint density at radius 2 is 2.19 bits per heavy atom. The second-order valence-electron chi connectivity index (χ2n) is 4.01. The van der Waals surface area contributed by atoms with Crippen LogP contribution in [-0.2, 0) is 6.54 Å². The summed E-state index contributed by atoms with van der Waals surface area (Å²) in [6.07, 6.45) is 2.73. The van der Waals surface area contributed by atoms with Crippen molar-refractivity contribution in [2.24, 2.45) is 0 Å². The molecule has 0 spiro atoms. The van der Waals surface area contributed by atoms with Crippen molar-refractivity contribution in [3.63, 3.8) is 0 Å². The monoisotopic (exact) mass is 221 g/mol. The summed E-state index contributed by atoms with van der Waals surface area (Å²) in [5, 5.41) is 4.20. The molecule has 86 valence electrons. The number of halogens is 1. The molecule has 0 saturated heterocycles. The second-order valence-corrected chi connectivity index (χ2v) is 4.01. The highest BCUT2D eigenvalue weighted by Crippen LogP contribution is 2.26. The van der Waals surface area contributed by atoms with Crippen molar-refractivity contribution in [1.82, 2.24) is 5.32 Å². The zero-order valence-electron chi connectivity index (χ0n) is 9.64. The molecule has 0 aliphatic carbocycles. The predicted molar refractivity (Wildman–Crippen MR) is 62.9 cm³/mol. The van der Waals surface area contributed by atoms with E-state index in [1.165, 1.54) is 6.07 Å². The molecule has 1 heterocycles. The maximum atomic E-state index is 13.5. The van der Waals surface area contributed by atoms with Crippen LogP contribution < -0.4 is 5.32 Å². The van der Waals surface area contributed by atoms with Crippen molar-refractivity contribution < 1.29 is 8.81 Å². The SMILES string of the molecule is CCCNCc1coc2c(F)ccc(C)c12. The van der Waals surface area contributed by atoms with Crippen LogP contribution in [0.25, 0.3) is 11.0 Å². The average molecular weight is 221 g/mol. The zero-order valence-corrected chi connectivity index (χ0v) is 9.64. The predicted octanol–water partition coefficient (Wildman–Crippen LogP) is 3.38. The van der Waals surface area contributed by atoms with E-state index in [2.05, 4.69) is 12.2 Å². The number of hydrogen-bond acceptors (Lipinski definition) is 2. The summed E-state index contributed by atoms with van der Waals surface area (Å²) in [5.41, 5.74) is 2.45. The zero-order chi connectivity index (χ0) is 11.5. The summed E-state index contributed by atoms with van der Waals surface area (Å²) in [6.45, 7) is 5.78. The molecule has 2 aromatic rings. The van der Waals surface area contributed by atoms with Gasteiger partial charge in [0.05, 0.1) is 6.26 Å². The fraction of sp³-hybridized carbons (Fsp3) is 0.385. The van der Waals surface area contributed by atoms with Crippen molar-refractivity contribution in [1.29, 1.82) is 0 Å². The van der Waals surface area contributed by atoms with Gasteiger partial charge in [-0.2, -0.15) is 0 Å². The van der Waals surface area contributed by atoms with E-state index in [9.17, 15) is 4.39 Å². The molecule has 0 saturated carbocycles. The van der Waals surface area contributed by atoms with Gasteiger partial charge in [-0.1, -0.05) is 13.0 Å². The van der Waals surface area contributed by atoms with Crippen LogP contribution in [0.1, 0.15) is 24.5 Å². The van der Waals surface area contributed by atoms with Crippen LogP contribution >= 0.6 is 0 Å². The van der Waals surface area contributed by atoms with Crippen LogP contribution in [0.5, 0.6) is 0 Å². The molecule has 0 aliphatic heterocycles. The highest BCUT2D eigenvalue weighted by atomic mass is 19.1. The maximum Gasteiger partial charge on any atom is 0.170 e. The van der Waals surface area contributed by atoms with Gasteiger partial charge >= 0.3 is 0 Å². The molecule has 0 bridgehead atoms. The summed E-state index contributed by atoms with van der Waals surface area (Å²) in [7, 11) is 0. The maximum absolute atomic E-state index is 13.5. The minimum Gasteiger partial charge on any atom is -0.461 e. The molecule has 1 N–H and O–H groups in total. The van der Waals surface area contributed by atoms with Gasteiger partial charge in [-0.25, -0.2) is 4.39 Å². The van der Waals surface area contributed by atoms with E-state index < -0.39 is 0 Å². The van der Waals surface area contributed by atoms with Gasteiger partial charge in [-0.3, -0.25) is 0 Å². The van der Waals surface area contributed by atoms with E-state index in [1.807, 2.05) is 6.92 Å². The van der Waals surface area contributed by atoms with E-state index in [-0.39, 0.29) is 5.82 Å².